The van der Waals surface area contributed by atoms with Gasteiger partial charge in [0.2, 0.25) is 0 Å². The molecular formula is C42H35N3O2P2. The lowest BCUT2D eigenvalue weighted by atomic mass is 9.97. The minimum atomic E-state index is -0.734. The van der Waals surface area contributed by atoms with Gasteiger partial charge < -0.3 is 14.0 Å². The first kappa shape index (κ1) is 31.2. The number of pyridine rings is 2. The number of fused-ring (bicyclic) bond motifs is 3. The van der Waals surface area contributed by atoms with Gasteiger partial charge in [0, 0.05) is 33.5 Å². The molecule has 8 aromatic rings. The highest BCUT2D eigenvalue weighted by molar-refractivity contribution is 7.54. The van der Waals surface area contributed by atoms with E-state index in [2.05, 4.69) is 116 Å². The Morgan fingerprint density at radius 3 is 2.00 bits per heavy atom. The molecule has 0 saturated heterocycles. The highest BCUT2D eigenvalue weighted by atomic mass is 31.1. The molecule has 0 radical (unpaired) electrons. The third-order valence-electron chi connectivity index (χ3n) is 8.84. The van der Waals surface area contributed by atoms with Gasteiger partial charge in [-0.2, -0.15) is 0 Å². The van der Waals surface area contributed by atoms with E-state index < -0.39 is 16.2 Å². The molecule has 0 unspecified atom stereocenters. The van der Waals surface area contributed by atoms with E-state index in [1.54, 1.807) is 6.07 Å². The normalized spacial score (nSPS) is 11.7. The van der Waals surface area contributed by atoms with Crippen LogP contribution < -0.4 is 4.52 Å². The van der Waals surface area contributed by atoms with Gasteiger partial charge in [-0.25, -0.2) is 9.97 Å². The number of phenols is 1. The molecule has 5 aromatic carbocycles. The number of benzene rings is 5. The molecule has 49 heavy (non-hydrogen) atoms. The predicted molar refractivity (Wildman–Crippen MR) is 210 cm³/mol. The minimum Gasteiger partial charge on any atom is -0.507 e. The third-order valence-corrected chi connectivity index (χ3v) is 10.6. The van der Waals surface area contributed by atoms with Crippen molar-refractivity contribution in [1.29, 1.82) is 0 Å². The van der Waals surface area contributed by atoms with Crippen LogP contribution in [0.2, 0.25) is 0 Å². The van der Waals surface area contributed by atoms with E-state index in [0.717, 1.165) is 43.9 Å². The highest BCUT2D eigenvalue weighted by Gasteiger charge is 2.21. The van der Waals surface area contributed by atoms with Crippen LogP contribution in [0.15, 0.2) is 134 Å². The molecule has 3 heterocycles. The molecule has 1 N–H and O–H groups in total. The van der Waals surface area contributed by atoms with Crippen LogP contribution >= 0.6 is 16.2 Å². The van der Waals surface area contributed by atoms with Crippen molar-refractivity contribution < 1.29 is 9.63 Å². The average molecular weight is 676 g/mol. The zero-order chi connectivity index (χ0) is 33.6. The molecule has 5 nitrogen and oxygen atoms in total. The summed E-state index contributed by atoms with van der Waals surface area (Å²) in [6.45, 7) is 8.73. The zero-order valence-corrected chi connectivity index (χ0v) is 29.6. The van der Waals surface area contributed by atoms with Gasteiger partial charge in [0.05, 0.1) is 30.9 Å². The van der Waals surface area contributed by atoms with E-state index in [1.165, 1.54) is 16.6 Å². The Morgan fingerprint density at radius 1 is 0.571 bits per heavy atom. The maximum Gasteiger partial charge on any atom is 0.151 e. The van der Waals surface area contributed by atoms with Gasteiger partial charge in [-0.3, -0.25) is 0 Å². The predicted octanol–water partition coefficient (Wildman–Crippen LogP) is 11.7. The van der Waals surface area contributed by atoms with Crippen LogP contribution in [0.5, 0.6) is 11.5 Å². The van der Waals surface area contributed by atoms with Gasteiger partial charge in [0.1, 0.15) is 11.4 Å². The molecule has 0 spiro atoms. The van der Waals surface area contributed by atoms with Crippen LogP contribution in [-0.2, 0) is 0 Å². The summed E-state index contributed by atoms with van der Waals surface area (Å²) in [6, 6.07) is 43.4. The van der Waals surface area contributed by atoms with Crippen LogP contribution in [0.3, 0.4) is 0 Å². The van der Waals surface area contributed by atoms with E-state index >= 15 is 0 Å². The van der Waals surface area contributed by atoms with Gasteiger partial charge in [-0.15, -0.1) is 0 Å². The summed E-state index contributed by atoms with van der Waals surface area (Å²) in [5.74, 6) is 0.857. The van der Waals surface area contributed by atoms with Crippen LogP contribution in [0, 0.1) is 0 Å². The molecule has 240 valence electrons. The Kier molecular flexibility index (Phi) is 8.12. The summed E-state index contributed by atoms with van der Waals surface area (Å²) in [5.41, 5.74) is 7.09. The standard InChI is InChI=1S/C42H35N3O2P2/c1-48(2)45-26-35-32(19-12-20-33(35)42(45)27-13-6-5-7-14-27)40-31-18-11-10-17-30(31)24-37(44-40)41-39(47-49(3)4)22-21-36(43-41)34-23-28-15-8-9-16-29(28)25-38(34)46/h5-26,46H,1-4H3. The minimum absolute atomic E-state index is 0.184. The molecule has 0 aliphatic heterocycles. The van der Waals surface area contributed by atoms with Crippen molar-refractivity contribution >= 4 is 48.5 Å². The molecule has 0 saturated carbocycles. The second-order valence-electron chi connectivity index (χ2n) is 12.5. The summed E-state index contributed by atoms with van der Waals surface area (Å²) < 4.78 is 8.85. The van der Waals surface area contributed by atoms with E-state index in [9.17, 15) is 5.11 Å². The van der Waals surface area contributed by atoms with E-state index in [1.807, 2.05) is 42.5 Å². The molecule has 0 aliphatic rings. The summed E-state index contributed by atoms with van der Waals surface area (Å²) in [5, 5.41) is 17.7. The molecule has 0 bridgehead atoms. The van der Waals surface area contributed by atoms with Crippen LogP contribution in [0.25, 0.3) is 77.5 Å². The second-order valence-corrected chi connectivity index (χ2v) is 16.5. The first-order chi connectivity index (χ1) is 23.9. The topological polar surface area (TPSA) is 60.2 Å². The van der Waals surface area contributed by atoms with Crippen molar-refractivity contribution in [3.8, 4) is 56.7 Å². The lowest BCUT2D eigenvalue weighted by Gasteiger charge is -2.17. The Bertz CT molecular complexity index is 2510. The summed E-state index contributed by atoms with van der Waals surface area (Å²) >= 11 is 0. The van der Waals surface area contributed by atoms with Crippen molar-refractivity contribution in [2.45, 2.75) is 0 Å². The maximum absolute atomic E-state index is 11.1. The molecule has 3 aromatic heterocycles. The van der Waals surface area contributed by atoms with Gasteiger partial charge in [0.25, 0.3) is 0 Å². The van der Waals surface area contributed by atoms with E-state index in [-0.39, 0.29) is 5.75 Å². The van der Waals surface area contributed by atoms with Crippen LogP contribution in [0.1, 0.15) is 0 Å². The number of rotatable bonds is 7. The summed E-state index contributed by atoms with van der Waals surface area (Å²) in [7, 11) is -1.18. The second kappa shape index (κ2) is 12.7. The fourth-order valence-corrected chi connectivity index (χ4v) is 8.15. The third kappa shape index (κ3) is 5.74. The quantitative estimate of drug-likeness (QED) is 0.171. The lowest BCUT2D eigenvalue weighted by Crippen LogP contribution is -1.98. The monoisotopic (exact) mass is 675 g/mol. The smallest absolute Gasteiger partial charge is 0.151 e. The van der Waals surface area contributed by atoms with Gasteiger partial charge in [-0.1, -0.05) is 97.1 Å². The Labute approximate surface area is 288 Å². The van der Waals surface area contributed by atoms with E-state index in [0.29, 0.717) is 22.7 Å². The fraction of sp³-hybridized carbons (Fsp3) is 0.0952. The highest BCUT2D eigenvalue weighted by Crippen LogP contribution is 2.45. The lowest BCUT2D eigenvalue weighted by molar-refractivity contribution is 0.478. The maximum atomic E-state index is 11.1. The number of hydrogen-bond donors (Lipinski definition) is 1. The van der Waals surface area contributed by atoms with Crippen LogP contribution in [-0.4, -0.2) is 46.1 Å². The molecule has 0 amide bonds. The Morgan fingerprint density at radius 2 is 1.24 bits per heavy atom. The SMILES string of the molecule is CP(C)Oc1ccc(-c2cc3ccccc3cc2O)nc1-c1cc2ccccc2c(-c2cccc3c(-c4ccccc4)n(P(C)C)cc23)n1. The zero-order valence-electron chi connectivity index (χ0n) is 27.8. The van der Waals surface area contributed by atoms with Crippen molar-refractivity contribution in [2.75, 3.05) is 26.7 Å². The molecule has 0 atom stereocenters. The number of nitrogens with zero attached hydrogens (tertiary/aromatic N) is 3. The summed E-state index contributed by atoms with van der Waals surface area (Å²) in [6.07, 6.45) is 2.30. The molecule has 8 rings (SSSR count). The Hall–Kier alpha value is -5.08. The van der Waals surface area contributed by atoms with Gasteiger partial charge >= 0.3 is 0 Å². The molecular weight excluding hydrogens is 640 g/mol. The van der Waals surface area contributed by atoms with E-state index in [4.69, 9.17) is 14.5 Å². The van der Waals surface area contributed by atoms with Gasteiger partial charge in [0.15, 0.2) is 5.75 Å². The largest absolute Gasteiger partial charge is 0.507 e. The van der Waals surface area contributed by atoms with Crippen LogP contribution in [0.4, 0.5) is 0 Å². The number of hydrogen-bond acceptors (Lipinski definition) is 4. The first-order valence-electron chi connectivity index (χ1n) is 16.2. The van der Waals surface area contributed by atoms with Crippen molar-refractivity contribution in [1.82, 2.24) is 14.3 Å². The summed E-state index contributed by atoms with van der Waals surface area (Å²) in [4.78, 5) is 10.6. The van der Waals surface area contributed by atoms with Crippen molar-refractivity contribution in [2.24, 2.45) is 0 Å². The Balaban J connectivity index is 1.37. The van der Waals surface area contributed by atoms with Gasteiger partial charge in [-0.05, 0) is 86.8 Å². The number of phenolic OH excluding ortho intramolecular Hbond substituents is 1. The fourth-order valence-electron chi connectivity index (χ4n) is 6.64. The molecule has 0 aliphatic carbocycles. The molecule has 0 fully saturated rings. The number of aromatic nitrogens is 3. The number of aromatic hydroxyl groups is 1. The average Bonchev–Trinajstić information content (AvgIpc) is 3.52. The van der Waals surface area contributed by atoms with Crippen molar-refractivity contribution in [3.63, 3.8) is 0 Å². The first-order valence-corrected chi connectivity index (χ1v) is 20.6. The molecule has 7 heteroatoms. The van der Waals surface area contributed by atoms with Crippen molar-refractivity contribution in [3.05, 3.63) is 134 Å².